The molecular formula is C16H28N2O. The van der Waals surface area contributed by atoms with Crippen LogP contribution >= 0.6 is 0 Å². The van der Waals surface area contributed by atoms with Crippen molar-refractivity contribution in [2.24, 2.45) is 11.8 Å². The van der Waals surface area contributed by atoms with Gasteiger partial charge >= 0.3 is 0 Å². The van der Waals surface area contributed by atoms with Crippen molar-refractivity contribution in [2.75, 3.05) is 0 Å². The van der Waals surface area contributed by atoms with E-state index in [1.165, 1.54) is 51.4 Å². The van der Waals surface area contributed by atoms with Crippen LogP contribution in [0, 0.1) is 11.8 Å². The molecule has 3 heteroatoms. The largest absolute Gasteiger partial charge is 0.353 e. The first-order chi connectivity index (χ1) is 9.20. The Kier molecular flexibility index (Phi) is 4.11. The number of rotatable bonds is 4. The lowest BCUT2D eigenvalue weighted by Crippen LogP contribution is -2.42. The van der Waals surface area contributed by atoms with Crippen molar-refractivity contribution >= 4 is 5.91 Å². The van der Waals surface area contributed by atoms with E-state index in [1.807, 2.05) is 0 Å². The van der Waals surface area contributed by atoms with Crippen molar-refractivity contribution in [1.82, 2.24) is 10.6 Å². The molecule has 2 aliphatic heterocycles. The quantitative estimate of drug-likeness (QED) is 0.819. The summed E-state index contributed by atoms with van der Waals surface area (Å²) in [4.78, 5) is 12.2. The van der Waals surface area contributed by atoms with Gasteiger partial charge in [-0.05, 0) is 57.3 Å². The lowest BCUT2D eigenvalue weighted by atomic mass is 9.89. The third-order valence-electron chi connectivity index (χ3n) is 5.54. The molecule has 0 radical (unpaired) electrons. The molecule has 1 amide bonds. The van der Waals surface area contributed by atoms with Gasteiger partial charge in [-0.3, -0.25) is 4.79 Å². The Balaban J connectivity index is 1.43. The van der Waals surface area contributed by atoms with Gasteiger partial charge in [0.2, 0.25) is 5.91 Å². The fourth-order valence-electron chi connectivity index (χ4n) is 4.49. The molecule has 2 N–H and O–H groups in total. The van der Waals surface area contributed by atoms with Gasteiger partial charge in [-0.25, -0.2) is 0 Å². The van der Waals surface area contributed by atoms with E-state index in [0.29, 0.717) is 30.0 Å². The number of hydrogen-bond acceptors (Lipinski definition) is 2. The minimum atomic E-state index is 0.297. The minimum absolute atomic E-state index is 0.297. The van der Waals surface area contributed by atoms with Crippen molar-refractivity contribution in [3.05, 3.63) is 0 Å². The van der Waals surface area contributed by atoms with Crippen LogP contribution in [-0.2, 0) is 4.79 Å². The molecule has 2 heterocycles. The van der Waals surface area contributed by atoms with Gasteiger partial charge in [-0.2, -0.15) is 0 Å². The van der Waals surface area contributed by atoms with Crippen molar-refractivity contribution < 1.29 is 4.79 Å². The Morgan fingerprint density at radius 1 is 1.16 bits per heavy atom. The molecule has 0 spiro atoms. The molecule has 1 aliphatic carbocycles. The maximum Gasteiger partial charge on any atom is 0.220 e. The van der Waals surface area contributed by atoms with Crippen LogP contribution in [0.25, 0.3) is 0 Å². The Bertz CT molecular complexity index is 313. The topological polar surface area (TPSA) is 41.1 Å². The van der Waals surface area contributed by atoms with Gasteiger partial charge in [0.15, 0.2) is 0 Å². The van der Waals surface area contributed by atoms with Crippen molar-refractivity contribution in [2.45, 2.75) is 82.8 Å². The Labute approximate surface area is 116 Å². The predicted molar refractivity (Wildman–Crippen MR) is 76.8 cm³/mol. The van der Waals surface area contributed by atoms with Gasteiger partial charge < -0.3 is 10.6 Å². The zero-order chi connectivity index (χ0) is 13.2. The fourth-order valence-corrected chi connectivity index (χ4v) is 4.49. The maximum absolute atomic E-state index is 12.2. The van der Waals surface area contributed by atoms with E-state index in [-0.39, 0.29) is 0 Å². The van der Waals surface area contributed by atoms with E-state index >= 15 is 0 Å². The van der Waals surface area contributed by atoms with Gasteiger partial charge in [-0.15, -0.1) is 0 Å². The van der Waals surface area contributed by atoms with E-state index in [1.54, 1.807) is 0 Å². The summed E-state index contributed by atoms with van der Waals surface area (Å²) in [5, 5.41) is 6.91. The number of piperidine rings is 1. The molecule has 3 rings (SSSR count). The lowest BCUT2D eigenvalue weighted by Gasteiger charge is -2.29. The molecular weight excluding hydrogens is 236 g/mol. The zero-order valence-corrected chi connectivity index (χ0v) is 12.2. The minimum Gasteiger partial charge on any atom is -0.353 e. The number of hydrogen-bond donors (Lipinski definition) is 2. The molecule has 2 saturated heterocycles. The predicted octanol–water partition coefficient (Wildman–Crippen LogP) is 2.60. The molecule has 3 aliphatic rings. The van der Waals surface area contributed by atoms with Crippen molar-refractivity contribution in [3.63, 3.8) is 0 Å². The summed E-state index contributed by atoms with van der Waals surface area (Å²) < 4.78 is 0. The second-order valence-electron chi connectivity index (χ2n) is 7.08. The number of amides is 1. The SMILES string of the molecule is C[C@@H](NC(=O)CC1CC2CCC(C1)N2)C1CCCC1. The van der Waals surface area contributed by atoms with E-state index in [4.69, 9.17) is 0 Å². The molecule has 3 atom stereocenters. The molecule has 2 bridgehead atoms. The summed E-state index contributed by atoms with van der Waals surface area (Å²) in [6, 6.07) is 1.78. The van der Waals surface area contributed by atoms with Gasteiger partial charge in [-0.1, -0.05) is 12.8 Å². The highest BCUT2D eigenvalue weighted by Crippen LogP contribution is 2.33. The molecule has 0 aromatic rings. The average molecular weight is 264 g/mol. The third-order valence-corrected chi connectivity index (χ3v) is 5.54. The summed E-state index contributed by atoms with van der Waals surface area (Å²) in [5.74, 6) is 1.65. The summed E-state index contributed by atoms with van der Waals surface area (Å²) in [6.07, 6.45) is 11.1. The first kappa shape index (κ1) is 13.4. The molecule has 108 valence electrons. The van der Waals surface area contributed by atoms with E-state index in [0.717, 1.165) is 12.3 Å². The summed E-state index contributed by atoms with van der Waals surface area (Å²) in [6.45, 7) is 2.19. The number of fused-ring (bicyclic) bond motifs is 2. The number of nitrogens with one attached hydrogen (secondary N) is 2. The first-order valence-corrected chi connectivity index (χ1v) is 8.26. The highest BCUT2D eigenvalue weighted by atomic mass is 16.1. The van der Waals surface area contributed by atoms with Gasteiger partial charge in [0.25, 0.3) is 0 Å². The van der Waals surface area contributed by atoms with Crippen LogP contribution in [-0.4, -0.2) is 24.0 Å². The summed E-state index contributed by atoms with van der Waals surface area (Å²) in [5.41, 5.74) is 0. The Morgan fingerprint density at radius 2 is 1.79 bits per heavy atom. The molecule has 19 heavy (non-hydrogen) atoms. The molecule has 0 aromatic heterocycles. The zero-order valence-electron chi connectivity index (χ0n) is 12.2. The van der Waals surface area contributed by atoms with Gasteiger partial charge in [0.1, 0.15) is 0 Å². The lowest BCUT2D eigenvalue weighted by molar-refractivity contribution is -0.123. The normalized spacial score (nSPS) is 36.4. The van der Waals surface area contributed by atoms with Gasteiger partial charge in [0.05, 0.1) is 0 Å². The van der Waals surface area contributed by atoms with E-state index in [2.05, 4.69) is 17.6 Å². The summed E-state index contributed by atoms with van der Waals surface area (Å²) >= 11 is 0. The average Bonchev–Trinajstić information content (AvgIpc) is 2.99. The molecule has 1 saturated carbocycles. The Hall–Kier alpha value is -0.570. The van der Waals surface area contributed by atoms with Crippen LogP contribution in [0.5, 0.6) is 0 Å². The molecule has 3 fully saturated rings. The van der Waals surface area contributed by atoms with Crippen LogP contribution in [0.1, 0.15) is 64.7 Å². The van der Waals surface area contributed by atoms with Gasteiger partial charge in [0, 0.05) is 24.5 Å². The molecule has 3 nitrogen and oxygen atoms in total. The monoisotopic (exact) mass is 264 g/mol. The van der Waals surface area contributed by atoms with Crippen LogP contribution < -0.4 is 10.6 Å². The summed E-state index contributed by atoms with van der Waals surface area (Å²) in [7, 11) is 0. The molecule has 0 aromatic carbocycles. The molecule has 2 unspecified atom stereocenters. The highest BCUT2D eigenvalue weighted by Gasteiger charge is 2.34. The number of carbonyl (C=O) groups excluding carboxylic acids is 1. The fraction of sp³-hybridized carbons (Fsp3) is 0.938. The van der Waals surface area contributed by atoms with Crippen LogP contribution in [0.15, 0.2) is 0 Å². The van der Waals surface area contributed by atoms with Crippen LogP contribution in [0.3, 0.4) is 0 Å². The van der Waals surface area contributed by atoms with Crippen LogP contribution in [0.4, 0.5) is 0 Å². The van der Waals surface area contributed by atoms with E-state index < -0.39 is 0 Å². The van der Waals surface area contributed by atoms with Crippen molar-refractivity contribution in [3.8, 4) is 0 Å². The standard InChI is InChI=1S/C16H28N2O/c1-11(13-4-2-3-5-13)17-16(19)10-12-8-14-6-7-15(9-12)18-14/h11-15,18H,2-10H2,1H3,(H,17,19)/t11-,12?,14?,15?/m1/s1. The smallest absolute Gasteiger partial charge is 0.220 e. The first-order valence-electron chi connectivity index (χ1n) is 8.26. The van der Waals surface area contributed by atoms with E-state index in [9.17, 15) is 4.79 Å². The number of carbonyl (C=O) groups is 1. The highest BCUT2D eigenvalue weighted by molar-refractivity contribution is 5.76. The van der Waals surface area contributed by atoms with Crippen molar-refractivity contribution in [1.29, 1.82) is 0 Å². The van der Waals surface area contributed by atoms with Crippen LogP contribution in [0.2, 0.25) is 0 Å². The maximum atomic E-state index is 12.2. The second-order valence-corrected chi connectivity index (χ2v) is 7.08. The third kappa shape index (κ3) is 3.31. The second kappa shape index (κ2) is 5.82. The Morgan fingerprint density at radius 3 is 2.42 bits per heavy atom.